The van der Waals surface area contributed by atoms with Crippen molar-refractivity contribution < 1.29 is 17.6 Å². The van der Waals surface area contributed by atoms with E-state index in [1.54, 1.807) is 18.2 Å². The largest absolute Gasteiger partial charge is 0.356 e. The summed E-state index contributed by atoms with van der Waals surface area (Å²) in [4.78, 5) is 11.7. The Balaban J connectivity index is 1.81. The van der Waals surface area contributed by atoms with Crippen LogP contribution in [0.5, 0.6) is 0 Å². The third-order valence-corrected chi connectivity index (χ3v) is 5.06. The first-order valence-electron chi connectivity index (χ1n) is 6.17. The molecule has 4 nitrogen and oxygen atoms in total. The predicted octanol–water partition coefficient (Wildman–Crippen LogP) is 0.919. The lowest BCUT2D eigenvalue weighted by atomic mass is 10.1. The first-order chi connectivity index (χ1) is 8.96. The number of halogens is 1. The van der Waals surface area contributed by atoms with Crippen LogP contribution in [0.25, 0.3) is 0 Å². The molecule has 1 aromatic carbocycles. The monoisotopic (exact) mass is 285 g/mol. The molecule has 19 heavy (non-hydrogen) atoms. The number of carbonyl (C=O) groups excluding carboxylic acids is 1. The number of nitrogens with one attached hydrogen (secondary N) is 1. The zero-order valence-electron chi connectivity index (χ0n) is 10.4. The van der Waals surface area contributed by atoms with Gasteiger partial charge < -0.3 is 5.32 Å². The molecule has 1 aliphatic heterocycles. The summed E-state index contributed by atoms with van der Waals surface area (Å²) in [6, 6.07) is 6.12. The Morgan fingerprint density at radius 2 is 2.11 bits per heavy atom. The molecule has 1 amide bonds. The quantitative estimate of drug-likeness (QED) is 0.894. The molecular formula is C13H16FNO3S. The highest BCUT2D eigenvalue weighted by Gasteiger charge is 2.27. The van der Waals surface area contributed by atoms with Crippen molar-refractivity contribution in [2.75, 3.05) is 18.1 Å². The van der Waals surface area contributed by atoms with Crippen LogP contribution in [0.3, 0.4) is 0 Å². The maximum Gasteiger partial charge on any atom is 0.224 e. The van der Waals surface area contributed by atoms with E-state index in [2.05, 4.69) is 5.32 Å². The second-order valence-corrected chi connectivity index (χ2v) is 7.07. The fraction of sp³-hybridized carbons (Fsp3) is 0.462. The second kappa shape index (κ2) is 5.69. The molecule has 1 unspecified atom stereocenters. The van der Waals surface area contributed by atoms with E-state index in [-0.39, 0.29) is 29.8 Å². The molecule has 1 saturated heterocycles. The number of rotatable bonds is 4. The summed E-state index contributed by atoms with van der Waals surface area (Å²) < 4.78 is 35.9. The molecule has 1 aromatic rings. The number of sulfone groups is 1. The van der Waals surface area contributed by atoms with Gasteiger partial charge in [-0.2, -0.15) is 0 Å². The normalized spacial score (nSPS) is 21.2. The maximum absolute atomic E-state index is 13.3. The molecule has 1 N–H and O–H groups in total. The number of amides is 1. The Hall–Kier alpha value is -1.43. The molecule has 104 valence electrons. The summed E-state index contributed by atoms with van der Waals surface area (Å²) >= 11 is 0. The van der Waals surface area contributed by atoms with Crippen LogP contribution in [0.2, 0.25) is 0 Å². The third kappa shape index (κ3) is 4.02. The van der Waals surface area contributed by atoms with Crippen molar-refractivity contribution in [1.82, 2.24) is 5.32 Å². The van der Waals surface area contributed by atoms with Gasteiger partial charge in [0.05, 0.1) is 17.9 Å². The first kappa shape index (κ1) is 14.0. The zero-order valence-corrected chi connectivity index (χ0v) is 11.2. The molecule has 0 bridgehead atoms. The molecular weight excluding hydrogens is 269 g/mol. The van der Waals surface area contributed by atoms with Crippen LogP contribution in [-0.2, 0) is 21.1 Å². The van der Waals surface area contributed by atoms with Gasteiger partial charge in [-0.3, -0.25) is 4.79 Å². The lowest BCUT2D eigenvalue weighted by Gasteiger charge is -2.09. The van der Waals surface area contributed by atoms with Crippen LogP contribution < -0.4 is 5.32 Å². The Morgan fingerprint density at radius 1 is 1.37 bits per heavy atom. The molecule has 0 radical (unpaired) electrons. The average molecular weight is 285 g/mol. The van der Waals surface area contributed by atoms with Crippen LogP contribution in [0.1, 0.15) is 12.0 Å². The van der Waals surface area contributed by atoms with Crippen molar-refractivity contribution in [3.63, 3.8) is 0 Å². The Labute approximate surface area is 111 Å². The molecule has 1 atom stereocenters. The van der Waals surface area contributed by atoms with Crippen LogP contribution >= 0.6 is 0 Å². The molecule has 0 saturated carbocycles. The minimum absolute atomic E-state index is 0.0189. The summed E-state index contributed by atoms with van der Waals surface area (Å²) in [5, 5.41) is 2.67. The van der Waals surface area contributed by atoms with Gasteiger partial charge in [0.15, 0.2) is 9.84 Å². The summed E-state index contributed by atoms with van der Waals surface area (Å²) in [6.45, 7) is 0.340. The number of hydrogen-bond acceptors (Lipinski definition) is 3. The van der Waals surface area contributed by atoms with Crippen LogP contribution in [0.15, 0.2) is 24.3 Å². The van der Waals surface area contributed by atoms with Crippen LogP contribution in [-0.4, -0.2) is 32.4 Å². The first-order valence-corrected chi connectivity index (χ1v) is 7.99. The van der Waals surface area contributed by atoms with E-state index in [4.69, 9.17) is 0 Å². The highest BCUT2D eigenvalue weighted by Crippen LogP contribution is 2.17. The van der Waals surface area contributed by atoms with E-state index in [0.717, 1.165) is 0 Å². The summed E-state index contributed by atoms with van der Waals surface area (Å²) in [5.74, 6) is -0.376. The fourth-order valence-corrected chi connectivity index (χ4v) is 4.03. The third-order valence-electron chi connectivity index (χ3n) is 3.22. The van der Waals surface area contributed by atoms with Crippen molar-refractivity contribution >= 4 is 15.7 Å². The van der Waals surface area contributed by atoms with Gasteiger partial charge in [0, 0.05) is 6.54 Å². The van der Waals surface area contributed by atoms with Gasteiger partial charge in [0.25, 0.3) is 0 Å². The minimum Gasteiger partial charge on any atom is -0.356 e. The predicted molar refractivity (Wildman–Crippen MR) is 69.9 cm³/mol. The number of carbonyl (C=O) groups is 1. The Bertz CT molecular complexity index is 571. The zero-order chi connectivity index (χ0) is 13.9. The van der Waals surface area contributed by atoms with Gasteiger partial charge in [-0.25, -0.2) is 12.8 Å². The molecule has 1 aliphatic rings. The fourth-order valence-electron chi connectivity index (χ4n) is 2.17. The van der Waals surface area contributed by atoms with Crippen LogP contribution in [0, 0.1) is 11.7 Å². The van der Waals surface area contributed by atoms with Gasteiger partial charge in [0.2, 0.25) is 5.91 Å². The Kier molecular flexibility index (Phi) is 4.19. The van der Waals surface area contributed by atoms with Gasteiger partial charge in [0.1, 0.15) is 5.82 Å². The summed E-state index contributed by atoms with van der Waals surface area (Å²) in [7, 11) is -2.92. The van der Waals surface area contributed by atoms with Crippen molar-refractivity contribution in [3.8, 4) is 0 Å². The lowest BCUT2D eigenvalue weighted by molar-refractivity contribution is -0.120. The van der Waals surface area contributed by atoms with E-state index in [1.165, 1.54) is 6.07 Å². The van der Waals surface area contributed by atoms with E-state index in [0.29, 0.717) is 18.5 Å². The molecule has 1 heterocycles. The SMILES string of the molecule is O=C(Cc1ccccc1F)NCC1CCS(=O)(=O)C1. The lowest BCUT2D eigenvalue weighted by Crippen LogP contribution is -2.31. The van der Waals surface area contributed by atoms with Gasteiger partial charge >= 0.3 is 0 Å². The molecule has 1 fully saturated rings. The van der Waals surface area contributed by atoms with Gasteiger partial charge in [-0.1, -0.05) is 18.2 Å². The molecule has 0 spiro atoms. The molecule has 0 aromatic heterocycles. The standard InChI is InChI=1S/C13H16FNO3S/c14-12-4-2-1-3-11(12)7-13(16)15-8-10-5-6-19(17,18)9-10/h1-4,10H,5-9H2,(H,15,16). The topological polar surface area (TPSA) is 63.2 Å². The van der Waals surface area contributed by atoms with E-state index in [9.17, 15) is 17.6 Å². The van der Waals surface area contributed by atoms with Crippen molar-refractivity contribution in [2.24, 2.45) is 5.92 Å². The molecule has 2 rings (SSSR count). The molecule has 0 aliphatic carbocycles. The highest BCUT2D eigenvalue weighted by atomic mass is 32.2. The summed E-state index contributed by atoms with van der Waals surface area (Å²) in [6.07, 6.45) is 0.564. The van der Waals surface area contributed by atoms with E-state index >= 15 is 0 Å². The van der Waals surface area contributed by atoms with Crippen molar-refractivity contribution in [2.45, 2.75) is 12.8 Å². The van der Waals surface area contributed by atoms with Crippen molar-refractivity contribution in [1.29, 1.82) is 0 Å². The van der Waals surface area contributed by atoms with Crippen molar-refractivity contribution in [3.05, 3.63) is 35.6 Å². The van der Waals surface area contributed by atoms with E-state index < -0.39 is 15.7 Å². The van der Waals surface area contributed by atoms with Gasteiger partial charge in [-0.15, -0.1) is 0 Å². The minimum atomic E-state index is -2.92. The average Bonchev–Trinajstić information content (AvgIpc) is 2.69. The number of benzene rings is 1. The smallest absolute Gasteiger partial charge is 0.224 e. The maximum atomic E-state index is 13.3. The summed E-state index contributed by atoms with van der Waals surface area (Å²) in [5.41, 5.74) is 0.346. The van der Waals surface area contributed by atoms with Gasteiger partial charge in [-0.05, 0) is 24.0 Å². The van der Waals surface area contributed by atoms with Crippen LogP contribution in [0.4, 0.5) is 4.39 Å². The van der Waals surface area contributed by atoms with E-state index in [1.807, 2.05) is 0 Å². The molecule has 6 heteroatoms. The Morgan fingerprint density at radius 3 is 2.74 bits per heavy atom. The second-order valence-electron chi connectivity index (χ2n) is 4.84. The number of hydrogen-bond donors (Lipinski definition) is 1. The highest BCUT2D eigenvalue weighted by molar-refractivity contribution is 7.91.